The van der Waals surface area contributed by atoms with Crippen molar-refractivity contribution in [2.45, 2.75) is 77.0 Å². The van der Waals surface area contributed by atoms with Gasteiger partial charge in [0.2, 0.25) is 11.8 Å². The molecule has 8 nitrogen and oxygen atoms in total. The fourth-order valence-electron chi connectivity index (χ4n) is 5.24. The van der Waals surface area contributed by atoms with Gasteiger partial charge in [-0.25, -0.2) is 4.79 Å². The monoisotopic (exact) mass is 454 g/mol. The Hall–Kier alpha value is -2.77. The molecule has 0 bridgehead atoms. The maximum atomic E-state index is 13.5. The van der Waals surface area contributed by atoms with E-state index >= 15 is 0 Å². The summed E-state index contributed by atoms with van der Waals surface area (Å²) in [6.45, 7) is 8.77. The van der Waals surface area contributed by atoms with Gasteiger partial charge in [0.25, 0.3) is 0 Å². The number of amides is 3. The Morgan fingerprint density at radius 3 is 2.64 bits per heavy atom. The molecule has 0 radical (unpaired) electrons. The first-order chi connectivity index (χ1) is 15.6. The van der Waals surface area contributed by atoms with Crippen LogP contribution in [0.25, 0.3) is 0 Å². The normalized spacial score (nSPS) is 28.4. The van der Waals surface area contributed by atoms with Crippen molar-refractivity contribution >= 4 is 24.1 Å². The quantitative estimate of drug-likeness (QED) is 0.653. The van der Waals surface area contributed by atoms with E-state index in [0.29, 0.717) is 37.8 Å². The number of nitrogens with zero attached hydrogens (tertiary/aromatic N) is 4. The lowest BCUT2D eigenvalue weighted by molar-refractivity contribution is -0.148. The van der Waals surface area contributed by atoms with Gasteiger partial charge in [-0.3, -0.25) is 14.6 Å². The number of likely N-dealkylation sites (tertiary alicyclic amines) is 1. The number of aliphatic imine (C=N–C) groups is 1. The fourth-order valence-corrected chi connectivity index (χ4v) is 5.24. The number of carbonyl (C=O) groups is 3. The van der Waals surface area contributed by atoms with Gasteiger partial charge in [-0.05, 0) is 64.0 Å². The van der Waals surface area contributed by atoms with E-state index in [9.17, 15) is 14.4 Å². The number of aromatic nitrogens is 1. The highest BCUT2D eigenvalue weighted by atomic mass is 16.6. The average Bonchev–Trinajstić information content (AvgIpc) is 3.07. The molecule has 33 heavy (non-hydrogen) atoms. The SMILES string of the molecule is C[C@@H]1CC(C=NC(=O)OC(C)(C)C)C(=O)N2[C@H](CC[C@H]2C(=O)N2CC(c3cccnc3)C2)C1. The molecule has 3 saturated heterocycles. The molecule has 1 aromatic rings. The number of fused-ring (bicyclic) bond motifs is 1. The second-order valence-corrected chi connectivity index (χ2v) is 10.7. The van der Waals surface area contributed by atoms with Crippen LogP contribution in [0.3, 0.4) is 0 Å². The third-order valence-corrected chi connectivity index (χ3v) is 6.79. The molecule has 4 heterocycles. The second kappa shape index (κ2) is 9.23. The summed E-state index contributed by atoms with van der Waals surface area (Å²) in [6, 6.07) is 3.59. The number of pyridine rings is 1. The zero-order valence-electron chi connectivity index (χ0n) is 19.9. The molecule has 1 aromatic heterocycles. The molecule has 3 fully saturated rings. The average molecular weight is 455 g/mol. The highest BCUT2D eigenvalue weighted by molar-refractivity contribution is 5.99. The van der Waals surface area contributed by atoms with Crippen LogP contribution in [-0.4, -0.2) is 69.7 Å². The predicted molar refractivity (Wildman–Crippen MR) is 124 cm³/mol. The number of hydrogen-bond donors (Lipinski definition) is 0. The molecule has 0 spiro atoms. The summed E-state index contributed by atoms with van der Waals surface area (Å²) in [4.78, 5) is 50.6. The molecule has 4 atom stereocenters. The van der Waals surface area contributed by atoms with Gasteiger partial charge >= 0.3 is 6.09 Å². The van der Waals surface area contributed by atoms with Crippen molar-refractivity contribution < 1.29 is 19.1 Å². The van der Waals surface area contributed by atoms with E-state index < -0.39 is 23.7 Å². The van der Waals surface area contributed by atoms with E-state index in [1.807, 2.05) is 23.2 Å². The number of hydrogen-bond acceptors (Lipinski definition) is 5. The van der Waals surface area contributed by atoms with Crippen LogP contribution in [0.15, 0.2) is 29.5 Å². The Morgan fingerprint density at radius 1 is 1.21 bits per heavy atom. The lowest BCUT2D eigenvalue weighted by Crippen LogP contribution is -2.57. The van der Waals surface area contributed by atoms with Crippen LogP contribution >= 0.6 is 0 Å². The lowest BCUT2D eigenvalue weighted by Gasteiger charge is -2.42. The minimum Gasteiger partial charge on any atom is -0.442 e. The van der Waals surface area contributed by atoms with Crippen LogP contribution < -0.4 is 0 Å². The first-order valence-electron chi connectivity index (χ1n) is 11.9. The summed E-state index contributed by atoms with van der Waals surface area (Å²) in [5.74, 6) is 0.00550. The van der Waals surface area contributed by atoms with E-state index in [4.69, 9.17) is 4.74 Å². The first-order valence-corrected chi connectivity index (χ1v) is 11.9. The maximum Gasteiger partial charge on any atom is 0.433 e. The molecule has 0 saturated carbocycles. The highest BCUT2D eigenvalue weighted by Crippen LogP contribution is 2.37. The molecule has 4 rings (SSSR count). The third kappa shape index (κ3) is 5.25. The van der Waals surface area contributed by atoms with Crippen molar-refractivity contribution in [3.8, 4) is 0 Å². The predicted octanol–water partition coefficient (Wildman–Crippen LogP) is 3.42. The topological polar surface area (TPSA) is 92.2 Å². The van der Waals surface area contributed by atoms with Crippen LogP contribution in [0.4, 0.5) is 4.79 Å². The molecule has 3 aliphatic rings. The van der Waals surface area contributed by atoms with Crippen molar-refractivity contribution in [1.82, 2.24) is 14.8 Å². The van der Waals surface area contributed by atoms with Gasteiger partial charge in [0, 0.05) is 43.7 Å². The summed E-state index contributed by atoms with van der Waals surface area (Å²) in [7, 11) is 0. The Balaban J connectivity index is 1.44. The zero-order chi connectivity index (χ0) is 23.8. The van der Waals surface area contributed by atoms with E-state index in [0.717, 1.165) is 18.4 Å². The fraction of sp³-hybridized carbons (Fsp3) is 0.640. The van der Waals surface area contributed by atoms with Crippen LogP contribution in [0.5, 0.6) is 0 Å². The van der Waals surface area contributed by atoms with Crippen LogP contribution in [-0.2, 0) is 14.3 Å². The van der Waals surface area contributed by atoms with Crippen molar-refractivity contribution in [1.29, 1.82) is 0 Å². The van der Waals surface area contributed by atoms with Gasteiger partial charge in [-0.1, -0.05) is 13.0 Å². The van der Waals surface area contributed by atoms with Gasteiger partial charge in [0.15, 0.2) is 0 Å². The number of carbonyl (C=O) groups excluding carboxylic acids is 3. The summed E-state index contributed by atoms with van der Waals surface area (Å²) < 4.78 is 5.24. The minimum absolute atomic E-state index is 0.0309. The highest BCUT2D eigenvalue weighted by Gasteiger charge is 2.48. The molecule has 0 aliphatic carbocycles. The maximum absolute atomic E-state index is 13.5. The Kier molecular flexibility index (Phi) is 6.54. The number of rotatable bonds is 3. The summed E-state index contributed by atoms with van der Waals surface area (Å²) in [5.41, 5.74) is 0.501. The summed E-state index contributed by atoms with van der Waals surface area (Å²) >= 11 is 0. The molecule has 1 unspecified atom stereocenters. The molecule has 0 N–H and O–H groups in total. The smallest absolute Gasteiger partial charge is 0.433 e. The van der Waals surface area contributed by atoms with Crippen molar-refractivity contribution in [2.75, 3.05) is 13.1 Å². The molecule has 178 valence electrons. The molecule has 3 amide bonds. The van der Waals surface area contributed by atoms with Crippen molar-refractivity contribution in [2.24, 2.45) is 16.8 Å². The minimum atomic E-state index is -0.695. The molecule has 0 aromatic carbocycles. The van der Waals surface area contributed by atoms with E-state index in [1.54, 1.807) is 31.9 Å². The van der Waals surface area contributed by atoms with Gasteiger partial charge < -0.3 is 14.5 Å². The van der Waals surface area contributed by atoms with E-state index in [2.05, 4.69) is 16.9 Å². The van der Waals surface area contributed by atoms with Crippen molar-refractivity contribution in [3.05, 3.63) is 30.1 Å². The molecular weight excluding hydrogens is 420 g/mol. The van der Waals surface area contributed by atoms with E-state index in [1.165, 1.54) is 6.21 Å². The van der Waals surface area contributed by atoms with Gasteiger partial charge in [-0.15, -0.1) is 0 Å². The summed E-state index contributed by atoms with van der Waals surface area (Å²) in [6.07, 6.45) is 7.34. The van der Waals surface area contributed by atoms with Gasteiger partial charge in [0.1, 0.15) is 11.6 Å². The lowest BCUT2D eigenvalue weighted by atomic mass is 9.91. The molecule has 3 aliphatic heterocycles. The summed E-state index contributed by atoms with van der Waals surface area (Å²) in [5, 5.41) is 0. The third-order valence-electron chi connectivity index (χ3n) is 6.79. The zero-order valence-corrected chi connectivity index (χ0v) is 19.9. The number of ether oxygens (including phenoxy) is 1. The second-order valence-electron chi connectivity index (χ2n) is 10.7. The van der Waals surface area contributed by atoms with Crippen LogP contribution in [0.2, 0.25) is 0 Å². The van der Waals surface area contributed by atoms with Crippen LogP contribution in [0.1, 0.15) is 64.9 Å². The standard InChI is InChI=1S/C25H34N4O4/c1-16-10-18(13-27-24(32)33-25(2,3)4)22(30)29-20(11-16)7-8-21(29)23(31)28-14-19(15-28)17-6-5-9-26-12-17/h5-6,9,12-13,16,18-21H,7-8,10-11,14-15H2,1-4H3/t16-,18?,20-,21+/m1/s1. The van der Waals surface area contributed by atoms with E-state index in [-0.39, 0.29) is 17.9 Å². The van der Waals surface area contributed by atoms with Crippen molar-refractivity contribution in [3.63, 3.8) is 0 Å². The largest absolute Gasteiger partial charge is 0.442 e. The van der Waals surface area contributed by atoms with Crippen LogP contribution in [0, 0.1) is 11.8 Å². The molecule has 8 heteroatoms. The van der Waals surface area contributed by atoms with Gasteiger partial charge in [-0.2, -0.15) is 4.99 Å². The van der Waals surface area contributed by atoms with Gasteiger partial charge in [0.05, 0.1) is 5.92 Å². The Labute approximate surface area is 195 Å². The Bertz CT molecular complexity index is 920. The first kappa shape index (κ1) is 23.4. The Morgan fingerprint density at radius 2 is 1.97 bits per heavy atom. The molecular formula is C25H34N4O4.